The highest BCUT2D eigenvalue weighted by Gasteiger charge is 2.45. The summed E-state index contributed by atoms with van der Waals surface area (Å²) < 4.78 is 11.4. The van der Waals surface area contributed by atoms with E-state index in [9.17, 15) is 14.7 Å². The van der Waals surface area contributed by atoms with Crippen LogP contribution in [0.2, 0.25) is 0 Å². The molecule has 1 amide bonds. The Labute approximate surface area is 201 Å². The van der Waals surface area contributed by atoms with Crippen molar-refractivity contribution in [3.8, 4) is 11.5 Å². The topological polar surface area (TPSA) is 89.0 Å². The van der Waals surface area contributed by atoms with Crippen LogP contribution in [0.15, 0.2) is 77.5 Å². The average Bonchev–Trinajstić information content (AvgIpc) is 3.46. The summed E-state index contributed by atoms with van der Waals surface area (Å²) in [5.74, 6) is -0.682. The van der Waals surface area contributed by atoms with Gasteiger partial charge in [0.25, 0.3) is 5.91 Å². The van der Waals surface area contributed by atoms with Crippen LogP contribution in [0.1, 0.15) is 31.0 Å². The standard InChI is InChI=1S/C26H24N2O5S/c1-3-32-20-13-11-18(16-21(20)33-4-2)23-22(19(29)12-10-17-8-6-5-7-9-17)24(30)25(31)28(23)26-27-14-15-34-26/h5-16,23,30H,3-4H2,1-2H3. The molecule has 34 heavy (non-hydrogen) atoms. The fourth-order valence-electron chi connectivity index (χ4n) is 3.77. The average molecular weight is 477 g/mol. The van der Waals surface area contributed by atoms with Crippen LogP contribution in [0.4, 0.5) is 5.13 Å². The summed E-state index contributed by atoms with van der Waals surface area (Å²) in [5.41, 5.74) is 1.41. The number of ketones is 1. The first-order chi connectivity index (χ1) is 16.5. The van der Waals surface area contributed by atoms with Gasteiger partial charge >= 0.3 is 0 Å². The number of allylic oxidation sites excluding steroid dienone is 1. The van der Waals surface area contributed by atoms with E-state index in [2.05, 4.69) is 4.98 Å². The van der Waals surface area contributed by atoms with Crippen molar-refractivity contribution in [1.29, 1.82) is 0 Å². The largest absolute Gasteiger partial charge is 0.503 e. The van der Waals surface area contributed by atoms with Crippen molar-refractivity contribution in [2.45, 2.75) is 19.9 Å². The van der Waals surface area contributed by atoms with Crippen LogP contribution in [-0.4, -0.2) is 35.0 Å². The second kappa shape index (κ2) is 10.4. The first kappa shape index (κ1) is 23.3. The Bertz CT molecular complexity index is 1240. The number of aliphatic hydroxyl groups excluding tert-OH is 1. The number of aromatic nitrogens is 1. The van der Waals surface area contributed by atoms with Crippen molar-refractivity contribution in [3.05, 3.63) is 88.6 Å². The van der Waals surface area contributed by atoms with Crippen LogP contribution in [0.25, 0.3) is 6.08 Å². The Balaban J connectivity index is 1.79. The van der Waals surface area contributed by atoms with E-state index in [0.717, 1.165) is 5.56 Å². The molecule has 1 aromatic heterocycles. The lowest BCUT2D eigenvalue weighted by molar-refractivity contribution is -0.117. The molecule has 0 aliphatic carbocycles. The van der Waals surface area contributed by atoms with Gasteiger partial charge in [0.2, 0.25) is 0 Å². The first-order valence-corrected chi connectivity index (χ1v) is 11.8. The van der Waals surface area contributed by atoms with E-state index in [1.807, 2.05) is 44.2 Å². The van der Waals surface area contributed by atoms with Crippen LogP contribution >= 0.6 is 11.3 Å². The minimum Gasteiger partial charge on any atom is -0.503 e. The quantitative estimate of drug-likeness (QED) is 0.431. The third-order valence-electron chi connectivity index (χ3n) is 5.21. The van der Waals surface area contributed by atoms with Crippen LogP contribution in [0.3, 0.4) is 0 Å². The monoisotopic (exact) mass is 476 g/mol. The Morgan fingerprint density at radius 1 is 1.12 bits per heavy atom. The van der Waals surface area contributed by atoms with Crippen molar-refractivity contribution >= 4 is 34.2 Å². The second-order valence-electron chi connectivity index (χ2n) is 7.34. The van der Waals surface area contributed by atoms with Gasteiger partial charge < -0.3 is 14.6 Å². The zero-order chi connectivity index (χ0) is 24.1. The number of hydrogen-bond acceptors (Lipinski definition) is 7. The highest BCUT2D eigenvalue weighted by molar-refractivity contribution is 7.13. The maximum atomic E-state index is 13.3. The molecule has 0 saturated carbocycles. The summed E-state index contributed by atoms with van der Waals surface area (Å²) in [6, 6.07) is 13.7. The van der Waals surface area contributed by atoms with E-state index in [1.165, 1.54) is 22.3 Å². The van der Waals surface area contributed by atoms with E-state index in [0.29, 0.717) is 35.4 Å². The van der Waals surface area contributed by atoms with Crippen molar-refractivity contribution in [2.24, 2.45) is 0 Å². The predicted octanol–water partition coefficient (Wildman–Crippen LogP) is 5.12. The van der Waals surface area contributed by atoms with Crippen molar-refractivity contribution < 1.29 is 24.2 Å². The number of rotatable bonds is 9. The molecule has 2 aromatic carbocycles. The minimum absolute atomic E-state index is 0.0148. The molecule has 174 valence electrons. The number of thiazole rings is 1. The molecule has 0 spiro atoms. The maximum Gasteiger partial charge on any atom is 0.296 e. The molecule has 1 aliphatic heterocycles. The Morgan fingerprint density at radius 3 is 2.53 bits per heavy atom. The van der Waals surface area contributed by atoms with Gasteiger partial charge in [0, 0.05) is 11.6 Å². The number of aliphatic hydroxyl groups is 1. The Hall–Kier alpha value is -3.91. The Morgan fingerprint density at radius 2 is 1.85 bits per heavy atom. The lowest BCUT2D eigenvalue weighted by Gasteiger charge is -2.25. The van der Waals surface area contributed by atoms with Gasteiger partial charge in [-0.2, -0.15) is 0 Å². The first-order valence-electron chi connectivity index (χ1n) is 10.9. The van der Waals surface area contributed by atoms with Crippen LogP contribution in [0.5, 0.6) is 11.5 Å². The zero-order valence-electron chi connectivity index (χ0n) is 18.8. The predicted molar refractivity (Wildman–Crippen MR) is 131 cm³/mol. The molecule has 2 heterocycles. The molecule has 4 rings (SSSR count). The normalized spacial score (nSPS) is 15.9. The summed E-state index contributed by atoms with van der Waals surface area (Å²) in [6.07, 6.45) is 4.59. The second-order valence-corrected chi connectivity index (χ2v) is 8.21. The van der Waals surface area contributed by atoms with Gasteiger partial charge in [0.1, 0.15) is 0 Å². The fraction of sp³-hybridized carbons (Fsp3) is 0.192. The van der Waals surface area contributed by atoms with Gasteiger partial charge in [0.15, 0.2) is 28.2 Å². The molecule has 0 fully saturated rings. The van der Waals surface area contributed by atoms with E-state index in [1.54, 1.807) is 35.9 Å². The molecular formula is C26H24N2O5S. The number of benzene rings is 2. The molecule has 7 nitrogen and oxygen atoms in total. The molecule has 1 aliphatic rings. The number of amides is 1. The molecule has 8 heteroatoms. The molecule has 3 aromatic rings. The number of nitrogens with zero attached hydrogens (tertiary/aromatic N) is 2. The van der Waals surface area contributed by atoms with Gasteiger partial charge in [-0.25, -0.2) is 4.98 Å². The number of ether oxygens (including phenoxy) is 2. The third-order valence-corrected chi connectivity index (χ3v) is 5.98. The highest BCUT2D eigenvalue weighted by Crippen LogP contribution is 2.43. The SMILES string of the molecule is CCOc1ccc(C2C(C(=O)C=Cc3ccccc3)=C(O)C(=O)N2c2nccs2)cc1OCC. The van der Waals surface area contributed by atoms with Crippen LogP contribution in [0, 0.1) is 0 Å². The minimum atomic E-state index is -0.874. The Kier molecular flexibility index (Phi) is 7.08. The zero-order valence-corrected chi connectivity index (χ0v) is 19.6. The molecule has 1 atom stereocenters. The molecule has 0 radical (unpaired) electrons. The maximum absolute atomic E-state index is 13.3. The third kappa shape index (κ3) is 4.58. The van der Waals surface area contributed by atoms with E-state index >= 15 is 0 Å². The molecule has 1 unspecified atom stereocenters. The van der Waals surface area contributed by atoms with Crippen molar-refractivity contribution in [2.75, 3.05) is 18.1 Å². The van der Waals surface area contributed by atoms with Gasteiger partial charge in [0.05, 0.1) is 24.8 Å². The fourth-order valence-corrected chi connectivity index (χ4v) is 4.44. The van der Waals surface area contributed by atoms with Crippen molar-refractivity contribution in [1.82, 2.24) is 4.98 Å². The molecular weight excluding hydrogens is 452 g/mol. The summed E-state index contributed by atoms with van der Waals surface area (Å²) in [5, 5.41) is 12.9. The lowest BCUT2D eigenvalue weighted by Crippen LogP contribution is -2.30. The van der Waals surface area contributed by atoms with Crippen LogP contribution < -0.4 is 14.4 Å². The molecule has 0 bridgehead atoms. The smallest absolute Gasteiger partial charge is 0.296 e. The number of carbonyl (C=O) groups excluding carboxylic acids is 2. The van der Waals surface area contributed by atoms with Gasteiger partial charge in [-0.3, -0.25) is 14.5 Å². The van der Waals surface area contributed by atoms with E-state index in [4.69, 9.17) is 9.47 Å². The summed E-state index contributed by atoms with van der Waals surface area (Å²) in [4.78, 5) is 32.0. The summed E-state index contributed by atoms with van der Waals surface area (Å²) >= 11 is 1.25. The van der Waals surface area contributed by atoms with Gasteiger partial charge in [-0.05, 0) is 43.2 Å². The highest BCUT2D eigenvalue weighted by atomic mass is 32.1. The van der Waals surface area contributed by atoms with Gasteiger partial charge in [-0.15, -0.1) is 11.3 Å². The van der Waals surface area contributed by atoms with Gasteiger partial charge in [-0.1, -0.05) is 42.5 Å². The van der Waals surface area contributed by atoms with E-state index < -0.39 is 23.5 Å². The lowest BCUT2D eigenvalue weighted by atomic mass is 9.95. The molecule has 0 saturated heterocycles. The molecule has 1 N–H and O–H groups in total. The van der Waals surface area contributed by atoms with Crippen molar-refractivity contribution in [3.63, 3.8) is 0 Å². The number of hydrogen-bond donors (Lipinski definition) is 1. The van der Waals surface area contributed by atoms with Crippen LogP contribution in [-0.2, 0) is 9.59 Å². The number of carbonyl (C=O) groups is 2. The summed E-state index contributed by atoms with van der Waals surface area (Å²) in [7, 11) is 0. The van der Waals surface area contributed by atoms with E-state index in [-0.39, 0.29) is 5.57 Å². The summed E-state index contributed by atoms with van der Waals surface area (Å²) in [6.45, 7) is 4.61. The number of anilines is 1.